The zero-order valence-corrected chi connectivity index (χ0v) is 9.55. The third kappa shape index (κ3) is 2.64. The van der Waals surface area contributed by atoms with Crippen molar-refractivity contribution in [2.24, 2.45) is 5.73 Å². The summed E-state index contributed by atoms with van der Waals surface area (Å²) < 4.78 is 38.0. The highest BCUT2D eigenvalue weighted by molar-refractivity contribution is 5.88. The Hall–Kier alpha value is -1.56. The summed E-state index contributed by atoms with van der Waals surface area (Å²) in [5, 5.41) is 2.45. The summed E-state index contributed by atoms with van der Waals surface area (Å²) in [6, 6.07) is 5.17. The van der Waals surface area contributed by atoms with Crippen molar-refractivity contribution in [2.45, 2.75) is 31.1 Å². The highest BCUT2D eigenvalue weighted by Crippen LogP contribution is 2.33. The van der Waals surface area contributed by atoms with Gasteiger partial charge in [-0.25, -0.2) is 0 Å². The molecule has 3 nitrogen and oxygen atoms in total. The van der Waals surface area contributed by atoms with Crippen molar-refractivity contribution < 1.29 is 18.0 Å². The summed E-state index contributed by atoms with van der Waals surface area (Å²) in [4.78, 5) is 11.5. The van der Waals surface area contributed by atoms with Crippen molar-refractivity contribution in [3.63, 3.8) is 0 Å². The molecule has 0 aliphatic heterocycles. The van der Waals surface area contributed by atoms with Gasteiger partial charge in [-0.3, -0.25) is 4.79 Å². The molecule has 0 radical (unpaired) electrons. The molecule has 18 heavy (non-hydrogen) atoms. The van der Waals surface area contributed by atoms with Gasteiger partial charge in [-0.2, -0.15) is 13.2 Å². The lowest BCUT2D eigenvalue weighted by Gasteiger charge is -2.14. The maximum absolute atomic E-state index is 12.7. The average Bonchev–Trinajstić information content (AvgIpc) is 3.05. The molecule has 1 aromatic rings. The standard InChI is InChI=1S/C12H13F3N2O/c13-12(14,15)9-4-2-1-3-8(9)7-17-10(18)11(16)5-6-11/h1-4H,5-7,16H2,(H,17,18). The number of hydrogen-bond acceptors (Lipinski definition) is 2. The van der Waals surface area contributed by atoms with E-state index in [-0.39, 0.29) is 18.0 Å². The highest BCUT2D eigenvalue weighted by atomic mass is 19.4. The zero-order chi connectivity index (χ0) is 13.4. The van der Waals surface area contributed by atoms with E-state index in [1.807, 2.05) is 0 Å². The van der Waals surface area contributed by atoms with Crippen LogP contribution in [-0.4, -0.2) is 11.4 Å². The quantitative estimate of drug-likeness (QED) is 0.868. The first-order valence-corrected chi connectivity index (χ1v) is 5.55. The zero-order valence-electron chi connectivity index (χ0n) is 9.55. The summed E-state index contributed by atoms with van der Waals surface area (Å²) in [6.45, 7) is -0.159. The van der Waals surface area contributed by atoms with Gasteiger partial charge >= 0.3 is 6.18 Å². The maximum atomic E-state index is 12.7. The Morgan fingerprint density at radius 3 is 2.50 bits per heavy atom. The van der Waals surface area contributed by atoms with Crippen LogP contribution in [0.15, 0.2) is 24.3 Å². The average molecular weight is 258 g/mol. The Kier molecular flexibility index (Phi) is 3.06. The van der Waals surface area contributed by atoms with Crippen molar-refractivity contribution >= 4 is 5.91 Å². The number of alkyl halides is 3. The second kappa shape index (κ2) is 4.28. The van der Waals surface area contributed by atoms with Crippen LogP contribution < -0.4 is 11.1 Å². The van der Waals surface area contributed by atoms with Gasteiger partial charge in [-0.1, -0.05) is 18.2 Å². The van der Waals surface area contributed by atoms with Gasteiger partial charge in [-0.15, -0.1) is 0 Å². The van der Waals surface area contributed by atoms with Gasteiger partial charge in [0.05, 0.1) is 11.1 Å². The number of halogens is 3. The van der Waals surface area contributed by atoms with E-state index in [0.29, 0.717) is 12.8 Å². The number of rotatable bonds is 3. The van der Waals surface area contributed by atoms with Crippen LogP contribution in [0.5, 0.6) is 0 Å². The summed E-state index contributed by atoms with van der Waals surface area (Å²) in [5.41, 5.74) is 4.09. The Labute approximate surface area is 102 Å². The maximum Gasteiger partial charge on any atom is 0.416 e. The molecule has 1 saturated carbocycles. The molecule has 3 N–H and O–H groups in total. The van der Waals surface area contributed by atoms with E-state index in [1.165, 1.54) is 18.2 Å². The molecule has 0 saturated heterocycles. The monoisotopic (exact) mass is 258 g/mol. The predicted octanol–water partition coefficient (Wildman–Crippen LogP) is 1.81. The molecule has 1 aromatic carbocycles. The van der Waals surface area contributed by atoms with Gasteiger partial charge < -0.3 is 11.1 Å². The normalized spacial score (nSPS) is 17.3. The topological polar surface area (TPSA) is 55.1 Å². The molecule has 1 aliphatic carbocycles. The van der Waals surface area contributed by atoms with Crippen LogP contribution in [0, 0.1) is 0 Å². The Bertz CT molecular complexity index is 467. The highest BCUT2D eigenvalue weighted by Gasteiger charge is 2.45. The van der Waals surface area contributed by atoms with E-state index >= 15 is 0 Å². The van der Waals surface area contributed by atoms with Crippen LogP contribution in [0.25, 0.3) is 0 Å². The van der Waals surface area contributed by atoms with E-state index in [2.05, 4.69) is 5.32 Å². The largest absolute Gasteiger partial charge is 0.416 e. The van der Waals surface area contributed by atoms with Gasteiger partial charge in [0.15, 0.2) is 0 Å². The molecular weight excluding hydrogens is 245 g/mol. The first-order valence-electron chi connectivity index (χ1n) is 5.55. The number of amides is 1. The first kappa shape index (κ1) is 12.9. The minimum atomic E-state index is -4.42. The van der Waals surface area contributed by atoms with Crippen molar-refractivity contribution in [1.29, 1.82) is 0 Å². The second-order valence-electron chi connectivity index (χ2n) is 4.49. The van der Waals surface area contributed by atoms with Crippen LogP contribution in [0.1, 0.15) is 24.0 Å². The van der Waals surface area contributed by atoms with Crippen molar-refractivity contribution in [2.75, 3.05) is 0 Å². The SMILES string of the molecule is NC1(C(=O)NCc2ccccc2C(F)(F)F)CC1. The van der Waals surface area contributed by atoms with Gasteiger partial charge in [0.25, 0.3) is 0 Å². The molecule has 0 unspecified atom stereocenters. The Morgan fingerprint density at radius 1 is 1.33 bits per heavy atom. The predicted molar refractivity (Wildman–Crippen MR) is 59.4 cm³/mol. The van der Waals surface area contributed by atoms with E-state index in [4.69, 9.17) is 5.73 Å². The van der Waals surface area contributed by atoms with E-state index < -0.39 is 17.3 Å². The fraction of sp³-hybridized carbons (Fsp3) is 0.417. The molecule has 0 atom stereocenters. The molecule has 0 aromatic heterocycles. The number of benzene rings is 1. The number of nitrogens with one attached hydrogen (secondary N) is 1. The fourth-order valence-corrected chi connectivity index (χ4v) is 1.66. The van der Waals surface area contributed by atoms with Crippen LogP contribution >= 0.6 is 0 Å². The van der Waals surface area contributed by atoms with E-state index in [1.54, 1.807) is 0 Å². The van der Waals surface area contributed by atoms with E-state index in [0.717, 1.165) is 6.07 Å². The fourth-order valence-electron chi connectivity index (χ4n) is 1.66. The minimum absolute atomic E-state index is 0.0441. The van der Waals surface area contributed by atoms with Crippen molar-refractivity contribution in [1.82, 2.24) is 5.32 Å². The minimum Gasteiger partial charge on any atom is -0.350 e. The summed E-state index contributed by atoms with van der Waals surface area (Å²) in [5.74, 6) is -0.389. The molecule has 1 amide bonds. The van der Waals surface area contributed by atoms with Gasteiger partial charge in [0.2, 0.25) is 5.91 Å². The Morgan fingerprint density at radius 2 is 1.94 bits per heavy atom. The third-order valence-corrected chi connectivity index (χ3v) is 3.00. The summed E-state index contributed by atoms with van der Waals surface area (Å²) in [7, 11) is 0. The number of carbonyl (C=O) groups excluding carboxylic acids is 1. The van der Waals surface area contributed by atoms with Gasteiger partial charge in [0, 0.05) is 6.54 Å². The van der Waals surface area contributed by atoms with Crippen LogP contribution in [0.2, 0.25) is 0 Å². The summed E-state index contributed by atoms with van der Waals surface area (Å²) >= 11 is 0. The summed E-state index contributed by atoms with van der Waals surface area (Å²) in [6.07, 6.45) is -3.25. The molecule has 0 bridgehead atoms. The van der Waals surface area contributed by atoms with Crippen molar-refractivity contribution in [3.8, 4) is 0 Å². The lowest BCUT2D eigenvalue weighted by atomic mass is 10.1. The lowest BCUT2D eigenvalue weighted by Crippen LogP contribution is -2.42. The molecule has 1 fully saturated rings. The molecule has 0 heterocycles. The first-order chi connectivity index (χ1) is 8.33. The molecular formula is C12H13F3N2O. The number of nitrogens with two attached hydrogens (primary N) is 1. The number of carbonyl (C=O) groups is 1. The second-order valence-corrected chi connectivity index (χ2v) is 4.49. The molecule has 0 spiro atoms. The van der Waals surface area contributed by atoms with Crippen LogP contribution in [-0.2, 0) is 17.5 Å². The Balaban J connectivity index is 2.08. The smallest absolute Gasteiger partial charge is 0.350 e. The molecule has 98 valence electrons. The van der Waals surface area contributed by atoms with Gasteiger partial charge in [-0.05, 0) is 24.5 Å². The number of hydrogen-bond donors (Lipinski definition) is 2. The van der Waals surface area contributed by atoms with Crippen molar-refractivity contribution in [3.05, 3.63) is 35.4 Å². The molecule has 6 heteroatoms. The molecule has 1 aliphatic rings. The lowest BCUT2D eigenvalue weighted by molar-refractivity contribution is -0.138. The molecule has 2 rings (SSSR count). The van der Waals surface area contributed by atoms with Crippen LogP contribution in [0.3, 0.4) is 0 Å². The van der Waals surface area contributed by atoms with Crippen LogP contribution in [0.4, 0.5) is 13.2 Å². The van der Waals surface area contributed by atoms with Gasteiger partial charge in [0.1, 0.15) is 0 Å². The third-order valence-electron chi connectivity index (χ3n) is 3.00. The van der Waals surface area contributed by atoms with E-state index in [9.17, 15) is 18.0 Å².